The highest BCUT2D eigenvalue weighted by Crippen LogP contribution is 2.30. The molecule has 0 amide bonds. The summed E-state index contributed by atoms with van der Waals surface area (Å²) in [6, 6.07) is 16.8. The molecule has 0 aliphatic carbocycles. The maximum atomic E-state index is 4.38. The maximum Gasteiger partial charge on any atom is 0.0459 e. The van der Waals surface area contributed by atoms with E-state index < -0.39 is 0 Å². The van der Waals surface area contributed by atoms with Gasteiger partial charge in [0.25, 0.3) is 0 Å². The Bertz CT molecular complexity index is 629. The van der Waals surface area contributed by atoms with E-state index in [4.69, 9.17) is 0 Å². The summed E-state index contributed by atoms with van der Waals surface area (Å²) in [5, 5.41) is 0. The average molecular weight is 309 g/mol. The van der Waals surface area contributed by atoms with Crippen molar-refractivity contribution in [1.82, 2.24) is 0 Å². The minimum absolute atomic E-state index is 0.971. The molecule has 0 aliphatic rings. The van der Waals surface area contributed by atoms with Crippen molar-refractivity contribution < 1.29 is 0 Å². The molecule has 0 aromatic heterocycles. The molecule has 0 spiro atoms. The van der Waals surface area contributed by atoms with Crippen molar-refractivity contribution in [2.45, 2.75) is 32.6 Å². The third kappa shape index (κ3) is 4.28. The van der Waals surface area contributed by atoms with Crippen LogP contribution in [0.25, 0.3) is 0 Å². The number of hydrogen-bond acceptors (Lipinski definition) is 2. The van der Waals surface area contributed by atoms with Gasteiger partial charge in [-0.1, -0.05) is 29.3 Å². The van der Waals surface area contributed by atoms with Crippen LogP contribution in [0, 0.1) is 6.92 Å². The van der Waals surface area contributed by atoms with Gasteiger partial charge in [-0.2, -0.15) is 0 Å². The molecule has 0 saturated carbocycles. The molecular weight excluding hydrogens is 286 g/mol. The van der Waals surface area contributed by atoms with Crippen LogP contribution in [0.2, 0.25) is 0 Å². The van der Waals surface area contributed by atoms with E-state index in [1.165, 1.54) is 16.8 Å². The lowest BCUT2D eigenvalue weighted by Crippen LogP contribution is -2.14. The van der Waals surface area contributed by atoms with E-state index in [1.807, 2.05) is 12.1 Å². The quantitative estimate of drug-likeness (QED) is 0.513. The summed E-state index contributed by atoms with van der Waals surface area (Å²) in [7, 11) is 0. The number of benzene rings is 2. The van der Waals surface area contributed by atoms with Gasteiger partial charge in [0.1, 0.15) is 0 Å². The molecule has 0 bridgehead atoms. The molecule has 0 unspecified atom stereocenters. The van der Waals surface area contributed by atoms with E-state index in [2.05, 4.69) is 93.8 Å². The lowest BCUT2D eigenvalue weighted by atomic mass is 10.1. The van der Waals surface area contributed by atoms with Crippen LogP contribution >= 0.6 is 12.6 Å². The predicted octanol–water partition coefficient (Wildman–Crippen LogP) is 6.29. The number of aryl methyl sites for hydroxylation is 1. The second kappa shape index (κ2) is 7.37. The van der Waals surface area contributed by atoms with Crippen molar-refractivity contribution in [3.8, 4) is 0 Å². The molecule has 0 saturated heterocycles. The van der Waals surface area contributed by atoms with Crippen molar-refractivity contribution in [3.63, 3.8) is 0 Å². The number of allylic oxidation sites excluding steroid dienone is 4. The Labute approximate surface area is 139 Å². The van der Waals surface area contributed by atoms with Crippen LogP contribution in [0.3, 0.4) is 0 Å². The van der Waals surface area contributed by atoms with Crippen molar-refractivity contribution >= 4 is 24.0 Å². The van der Waals surface area contributed by atoms with Crippen molar-refractivity contribution in [1.29, 1.82) is 0 Å². The summed E-state index contributed by atoms with van der Waals surface area (Å²) in [6.07, 6.45) is 4.30. The molecule has 0 heterocycles. The van der Waals surface area contributed by atoms with Crippen LogP contribution in [-0.2, 0) is 0 Å². The highest BCUT2D eigenvalue weighted by molar-refractivity contribution is 7.80. The van der Waals surface area contributed by atoms with Gasteiger partial charge in [-0.3, -0.25) is 0 Å². The molecule has 2 aromatic rings. The van der Waals surface area contributed by atoms with Gasteiger partial charge in [-0.15, -0.1) is 12.6 Å². The number of rotatable bonds is 4. The second-order valence-electron chi connectivity index (χ2n) is 5.74. The third-order valence-corrected chi connectivity index (χ3v) is 3.71. The molecule has 2 rings (SSSR count). The molecular formula is C20H23NS. The Kier molecular flexibility index (Phi) is 5.51. The smallest absolute Gasteiger partial charge is 0.0459 e. The van der Waals surface area contributed by atoms with Gasteiger partial charge in [0.2, 0.25) is 0 Å². The fraction of sp³-hybridized carbons (Fsp3) is 0.200. The zero-order chi connectivity index (χ0) is 16.1. The monoisotopic (exact) mass is 309 g/mol. The minimum atomic E-state index is 0.971. The van der Waals surface area contributed by atoms with Gasteiger partial charge in [-0.05, 0) is 70.2 Å². The van der Waals surface area contributed by atoms with E-state index in [-0.39, 0.29) is 0 Å². The fourth-order valence-corrected chi connectivity index (χ4v) is 2.36. The molecule has 0 radical (unpaired) electrons. The van der Waals surface area contributed by atoms with Gasteiger partial charge in [-0.25, -0.2) is 0 Å². The number of nitrogens with zero attached hydrogens (tertiary/aromatic N) is 1. The number of thiol groups is 1. The molecule has 0 aliphatic heterocycles. The first-order valence-corrected chi connectivity index (χ1v) is 7.90. The standard InChI is InChI=1S/C20H23NS/c1-15(2)5-8-17(4)21(18-9-6-16(3)7-10-18)19-11-13-20(22)14-12-19/h5-14,22H,1-4H3. The zero-order valence-corrected chi connectivity index (χ0v) is 14.6. The van der Waals surface area contributed by atoms with Crippen LogP contribution in [0.15, 0.2) is 76.8 Å². The van der Waals surface area contributed by atoms with Gasteiger partial charge in [0, 0.05) is 22.0 Å². The third-order valence-electron chi connectivity index (χ3n) is 3.41. The van der Waals surface area contributed by atoms with E-state index in [0.29, 0.717) is 0 Å². The average Bonchev–Trinajstić information content (AvgIpc) is 2.49. The first-order chi connectivity index (χ1) is 10.5. The van der Waals surface area contributed by atoms with Crippen LogP contribution in [0.1, 0.15) is 26.3 Å². The molecule has 22 heavy (non-hydrogen) atoms. The van der Waals surface area contributed by atoms with E-state index in [0.717, 1.165) is 16.3 Å². The highest BCUT2D eigenvalue weighted by atomic mass is 32.1. The molecule has 2 aromatic carbocycles. The summed E-state index contributed by atoms with van der Waals surface area (Å²) in [5.41, 5.74) is 6.03. The van der Waals surface area contributed by atoms with Gasteiger partial charge in [0.15, 0.2) is 0 Å². The maximum absolute atomic E-state index is 4.38. The van der Waals surface area contributed by atoms with Crippen molar-refractivity contribution in [2.75, 3.05) is 4.90 Å². The molecule has 0 N–H and O–H groups in total. The Morgan fingerprint density at radius 3 is 1.82 bits per heavy atom. The summed E-state index contributed by atoms with van der Waals surface area (Å²) < 4.78 is 0. The zero-order valence-electron chi connectivity index (χ0n) is 13.7. The normalized spacial score (nSPS) is 11.2. The Balaban J connectivity index is 2.49. The highest BCUT2D eigenvalue weighted by Gasteiger charge is 2.10. The van der Waals surface area contributed by atoms with Crippen molar-refractivity contribution in [2.24, 2.45) is 0 Å². The summed E-state index contributed by atoms with van der Waals surface area (Å²) in [6.45, 7) is 8.45. The lowest BCUT2D eigenvalue weighted by Gasteiger charge is -2.26. The molecule has 1 nitrogen and oxygen atoms in total. The second-order valence-corrected chi connectivity index (χ2v) is 6.26. The first kappa shape index (κ1) is 16.4. The van der Waals surface area contributed by atoms with Gasteiger partial charge < -0.3 is 4.90 Å². The van der Waals surface area contributed by atoms with Gasteiger partial charge >= 0.3 is 0 Å². The van der Waals surface area contributed by atoms with E-state index >= 15 is 0 Å². The fourth-order valence-electron chi connectivity index (χ4n) is 2.21. The van der Waals surface area contributed by atoms with Crippen LogP contribution < -0.4 is 4.90 Å². The van der Waals surface area contributed by atoms with E-state index in [9.17, 15) is 0 Å². The Hall–Kier alpha value is -1.93. The Morgan fingerprint density at radius 2 is 1.32 bits per heavy atom. The van der Waals surface area contributed by atoms with E-state index in [1.54, 1.807) is 0 Å². The number of anilines is 2. The SMILES string of the molecule is CC(C)=CC=C(C)N(c1ccc(C)cc1)c1ccc(S)cc1. The van der Waals surface area contributed by atoms with Crippen molar-refractivity contribution in [3.05, 3.63) is 77.5 Å². The van der Waals surface area contributed by atoms with Crippen LogP contribution in [0.4, 0.5) is 11.4 Å². The van der Waals surface area contributed by atoms with Crippen LogP contribution in [0.5, 0.6) is 0 Å². The summed E-state index contributed by atoms with van der Waals surface area (Å²) in [4.78, 5) is 3.23. The minimum Gasteiger partial charge on any atom is -0.315 e. The lowest BCUT2D eigenvalue weighted by molar-refractivity contribution is 1.15. The Morgan fingerprint density at radius 1 is 0.818 bits per heavy atom. The number of hydrogen-bond donors (Lipinski definition) is 1. The molecule has 114 valence electrons. The van der Waals surface area contributed by atoms with Gasteiger partial charge in [0.05, 0.1) is 0 Å². The topological polar surface area (TPSA) is 3.24 Å². The molecule has 0 atom stereocenters. The first-order valence-electron chi connectivity index (χ1n) is 7.45. The summed E-state index contributed by atoms with van der Waals surface area (Å²) >= 11 is 4.38. The molecule has 2 heteroatoms. The predicted molar refractivity (Wildman–Crippen MR) is 100 cm³/mol. The summed E-state index contributed by atoms with van der Waals surface area (Å²) in [5.74, 6) is 0. The molecule has 0 fully saturated rings. The van der Waals surface area contributed by atoms with Crippen LogP contribution in [-0.4, -0.2) is 0 Å². The largest absolute Gasteiger partial charge is 0.315 e.